The van der Waals surface area contributed by atoms with Gasteiger partial charge in [-0.2, -0.15) is 0 Å². The Morgan fingerprint density at radius 3 is 2.71 bits per heavy atom. The maximum atomic E-state index is 12.8. The third-order valence-corrected chi connectivity index (χ3v) is 3.87. The van der Waals surface area contributed by atoms with Gasteiger partial charge in [0.2, 0.25) is 5.91 Å². The number of rotatable bonds is 7. The van der Waals surface area contributed by atoms with Gasteiger partial charge in [-0.15, -0.1) is 11.3 Å². The van der Waals surface area contributed by atoms with Gasteiger partial charge in [0.25, 0.3) is 5.91 Å². The number of aromatic nitrogens is 1. The Labute approximate surface area is 143 Å². The number of hydrogen-bond acceptors (Lipinski definition) is 5. The molecule has 128 valence electrons. The highest BCUT2D eigenvalue weighted by Gasteiger charge is 2.18. The second-order valence-corrected chi connectivity index (χ2v) is 5.90. The smallest absolute Gasteiger partial charge is 0.271 e. The molecule has 2 N–H and O–H groups in total. The minimum atomic E-state index is -0.641. The van der Waals surface area contributed by atoms with Crippen LogP contribution in [0.3, 0.4) is 0 Å². The summed E-state index contributed by atoms with van der Waals surface area (Å²) in [5, 5.41) is 7.42. The van der Waals surface area contributed by atoms with E-state index in [-0.39, 0.29) is 24.0 Å². The Kier molecular flexibility index (Phi) is 6.25. The molecule has 0 fully saturated rings. The average Bonchev–Trinajstić information content (AvgIpc) is 3.03. The number of amides is 2. The van der Waals surface area contributed by atoms with Crippen LogP contribution in [0.1, 0.15) is 29.3 Å². The zero-order valence-electron chi connectivity index (χ0n) is 13.3. The highest BCUT2D eigenvalue weighted by molar-refractivity contribution is 7.09. The molecule has 1 heterocycles. The molecule has 0 spiro atoms. The lowest BCUT2D eigenvalue weighted by Crippen LogP contribution is -2.44. The molecule has 2 amide bonds. The molecule has 0 aliphatic heterocycles. The monoisotopic (exact) mass is 351 g/mol. The van der Waals surface area contributed by atoms with Gasteiger partial charge in [0.05, 0.1) is 0 Å². The topological polar surface area (TPSA) is 80.3 Å². The van der Waals surface area contributed by atoms with Crippen molar-refractivity contribution in [3.63, 3.8) is 0 Å². The fourth-order valence-corrected chi connectivity index (χ4v) is 2.51. The first kappa shape index (κ1) is 17.9. The van der Waals surface area contributed by atoms with Crippen LogP contribution in [0.4, 0.5) is 4.39 Å². The summed E-state index contributed by atoms with van der Waals surface area (Å²) in [6.07, 6.45) is 0. The van der Waals surface area contributed by atoms with Crippen molar-refractivity contribution in [2.24, 2.45) is 0 Å². The van der Waals surface area contributed by atoms with E-state index in [0.29, 0.717) is 17.3 Å². The van der Waals surface area contributed by atoms with Crippen molar-refractivity contribution in [3.8, 4) is 5.75 Å². The second-order valence-electron chi connectivity index (χ2n) is 4.96. The minimum absolute atomic E-state index is 0.176. The van der Waals surface area contributed by atoms with E-state index in [0.717, 1.165) is 0 Å². The molecule has 24 heavy (non-hydrogen) atoms. The van der Waals surface area contributed by atoms with Crippen molar-refractivity contribution < 1.29 is 18.7 Å². The maximum Gasteiger partial charge on any atom is 0.271 e. The van der Waals surface area contributed by atoms with E-state index in [4.69, 9.17) is 4.74 Å². The number of likely N-dealkylation sites (N-methyl/N-ethyl adjacent to an activating group) is 1. The van der Waals surface area contributed by atoms with Gasteiger partial charge in [0, 0.05) is 11.9 Å². The Morgan fingerprint density at radius 1 is 1.33 bits per heavy atom. The van der Waals surface area contributed by atoms with Gasteiger partial charge < -0.3 is 15.4 Å². The summed E-state index contributed by atoms with van der Waals surface area (Å²) in [6.45, 7) is 4.09. The normalized spacial score (nSPS) is 11.6. The molecule has 6 nitrogen and oxygen atoms in total. The standard InChI is InChI=1S/C16H18FN3O3S/c1-3-18-15(21)10(2)19-16(22)13-9-24-14(20-13)8-23-12-6-4-11(17)5-7-12/h4-7,9-10H,3,8H2,1-2H3,(H,18,21)(H,19,22)/t10-/m0/s1. The van der Waals surface area contributed by atoms with Gasteiger partial charge in [-0.1, -0.05) is 0 Å². The van der Waals surface area contributed by atoms with Crippen molar-refractivity contribution in [2.75, 3.05) is 6.54 Å². The molecule has 0 aliphatic carbocycles. The predicted molar refractivity (Wildman–Crippen MR) is 88.5 cm³/mol. The molecule has 0 bridgehead atoms. The van der Waals surface area contributed by atoms with Crippen molar-refractivity contribution in [3.05, 3.63) is 46.2 Å². The first-order valence-electron chi connectivity index (χ1n) is 7.41. The molecule has 0 saturated heterocycles. The molecule has 0 saturated carbocycles. The lowest BCUT2D eigenvalue weighted by atomic mass is 10.3. The Bertz CT molecular complexity index is 703. The van der Waals surface area contributed by atoms with Crippen LogP contribution >= 0.6 is 11.3 Å². The van der Waals surface area contributed by atoms with Crippen LogP contribution in [0.15, 0.2) is 29.6 Å². The van der Waals surface area contributed by atoms with Crippen LogP contribution in [0, 0.1) is 5.82 Å². The predicted octanol–water partition coefficient (Wildman–Crippen LogP) is 2.12. The molecular formula is C16H18FN3O3S. The number of nitrogens with one attached hydrogen (secondary N) is 2. The zero-order chi connectivity index (χ0) is 17.5. The van der Waals surface area contributed by atoms with E-state index in [1.807, 2.05) is 0 Å². The lowest BCUT2D eigenvalue weighted by Gasteiger charge is -2.12. The van der Waals surface area contributed by atoms with Crippen molar-refractivity contribution in [1.82, 2.24) is 15.6 Å². The number of halogens is 1. The van der Waals surface area contributed by atoms with E-state index < -0.39 is 11.9 Å². The third kappa shape index (κ3) is 5.02. The second kappa shape index (κ2) is 8.39. The Hall–Kier alpha value is -2.48. The molecule has 2 aromatic rings. The van der Waals surface area contributed by atoms with E-state index >= 15 is 0 Å². The summed E-state index contributed by atoms with van der Waals surface area (Å²) in [7, 11) is 0. The van der Waals surface area contributed by atoms with Crippen molar-refractivity contribution in [2.45, 2.75) is 26.5 Å². The van der Waals surface area contributed by atoms with Gasteiger partial charge in [0.1, 0.15) is 34.9 Å². The van der Waals surface area contributed by atoms with E-state index in [2.05, 4.69) is 15.6 Å². The van der Waals surface area contributed by atoms with Crippen LogP contribution < -0.4 is 15.4 Å². The summed E-state index contributed by atoms with van der Waals surface area (Å²) in [4.78, 5) is 27.8. The number of ether oxygens (including phenoxy) is 1. The first-order chi connectivity index (χ1) is 11.5. The Balaban J connectivity index is 1.88. The molecule has 0 unspecified atom stereocenters. The maximum absolute atomic E-state index is 12.8. The summed E-state index contributed by atoms with van der Waals surface area (Å²) >= 11 is 1.27. The summed E-state index contributed by atoms with van der Waals surface area (Å²) in [6, 6.07) is 5.00. The van der Waals surface area contributed by atoms with Crippen LogP contribution in [0.25, 0.3) is 0 Å². The first-order valence-corrected chi connectivity index (χ1v) is 8.29. The van der Waals surface area contributed by atoms with Gasteiger partial charge in [-0.05, 0) is 38.1 Å². The fraction of sp³-hybridized carbons (Fsp3) is 0.312. The van der Waals surface area contributed by atoms with Gasteiger partial charge in [-0.25, -0.2) is 9.37 Å². The van der Waals surface area contributed by atoms with Gasteiger partial charge in [0.15, 0.2) is 0 Å². The summed E-state index contributed by atoms with van der Waals surface area (Å²) in [5.41, 5.74) is 0.230. The highest BCUT2D eigenvalue weighted by atomic mass is 32.1. The van der Waals surface area contributed by atoms with Gasteiger partial charge >= 0.3 is 0 Å². The van der Waals surface area contributed by atoms with E-state index in [1.54, 1.807) is 19.2 Å². The molecule has 2 rings (SSSR count). The number of thiazole rings is 1. The van der Waals surface area contributed by atoms with Crippen LogP contribution in [0.5, 0.6) is 5.75 Å². The van der Waals surface area contributed by atoms with E-state index in [1.165, 1.54) is 35.6 Å². The van der Waals surface area contributed by atoms with Gasteiger partial charge in [-0.3, -0.25) is 9.59 Å². The molecule has 1 atom stereocenters. The summed E-state index contributed by atoms with van der Waals surface area (Å²) < 4.78 is 18.3. The van der Waals surface area contributed by atoms with Crippen LogP contribution in [-0.4, -0.2) is 29.4 Å². The van der Waals surface area contributed by atoms with Crippen molar-refractivity contribution in [1.29, 1.82) is 0 Å². The number of nitrogens with zero attached hydrogens (tertiary/aromatic N) is 1. The van der Waals surface area contributed by atoms with E-state index in [9.17, 15) is 14.0 Å². The molecule has 8 heteroatoms. The number of carbonyl (C=O) groups excluding carboxylic acids is 2. The molecule has 0 aliphatic rings. The van der Waals surface area contributed by atoms with Crippen LogP contribution in [0.2, 0.25) is 0 Å². The third-order valence-electron chi connectivity index (χ3n) is 3.05. The quantitative estimate of drug-likeness (QED) is 0.801. The molecule has 1 aromatic heterocycles. The minimum Gasteiger partial charge on any atom is -0.486 e. The number of benzene rings is 1. The average molecular weight is 351 g/mol. The fourth-order valence-electron chi connectivity index (χ4n) is 1.82. The highest BCUT2D eigenvalue weighted by Crippen LogP contribution is 2.16. The Morgan fingerprint density at radius 2 is 2.04 bits per heavy atom. The number of hydrogen-bond donors (Lipinski definition) is 2. The number of carbonyl (C=O) groups is 2. The largest absolute Gasteiger partial charge is 0.486 e. The summed E-state index contributed by atoms with van der Waals surface area (Å²) in [5.74, 6) is -0.488. The molecule has 0 radical (unpaired) electrons. The van der Waals surface area contributed by atoms with Crippen LogP contribution in [-0.2, 0) is 11.4 Å². The molecule has 1 aromatic carbocycles. The SMILES string of the molecule is CCNC(=O)[C@H](C)NC(=O)c1csc(COc2ccc(F)cc2)n1. The lowest BCUT2D eigenvalue weighted by molar-refractivity contribution is -0.122. The van der Waals surface area contributed by atoms with Crippen molar-refractivity contribution >= 4 is 23.2 Å². The molecular weight excluding hydrogens is 333 g/mol. The zero-order valence-corrected chi connectivity index (χ0v) is 14.2.